The van der Waals surface area contributed by atoms with Crippen LogP contribution in [0, 0.1) is 0 Å². The van der Waals surface area contributed by atoms with E-state index in [4.69, 9.17) is 0 Å². The van der Waals surface area contributed by atoms with Crippen LogP contribution in [-0.4, -0.2) is 19.3 Å². The van der Waals surface area contributed by atoms with Crippen molar-refractivity contribution >= 4 is 15.9 Å². The lowest BCUT2D eigenvalue weighted by Gasteiger charge is -2.08. The van der Waals surface area contributed by atoms with Crippen LogP contribution < -0.4 is 11.2 Å². The van der Waals surface area contributed by atoms with Gasteiger partial charge in [0.15, 0.2) is 0 Å². The predicted octanol–water partition coefficient (Wildman–Crippen LogP) is 1.51. The van der Waals surface area contributed by atoms with Crippen LogP contribution in [0.1, 0.15) is 32.0 Å². The molecule has 2 rings (SSSR count). The van der Waals surface area contributed by atoms with Gasteiger partial charge >= 0.3 is 5.69 Å². The van der Waals surface area contributed by atoms with E-state index < -0.39 is 11.2 Å². The topological polar surface area (TPSA) is 72.7 Å². The predicted molar refractivity (Wildman–Crippen MR) is 75.4 cm³/mol. The van der Waals surface area contributed by atoms with Crippen molar-refractivity contribution in [3.63, 3.8) is 0 Å². The molecule has 0 amide bonds. The van der Waals surface area contributed by atoms with Gasteiger partial charge in [-0.2, -0.15) is 5.10 Å². The van der Waals surface area contributed by atoms with Crippen molar-refractivity contribution < 1.29 is 0 Å². The second kappa shape index (κ2) is 5.56. The third-order valence-electron chi connectivity index (χ3n) is 3.01. The van der Waals surface area contributed by atoms with E-state index in [1.165, 1.54) is 10.8 Å². The number of nitrogens with zero attached hydrogens (tertiary/aromatic N) is 3. The lowest BCUT2D eigenvalue weighted by molar-refractivity contribution is 0.471. The van der Waals surface area contributed by atoms with Crippen molar-refractivity contribution in [1.82, 2.24) is 19.3 Å². The van der Waals surface area contributed by atoms with Gasteiger partial charge in [-0.25, -0.2) is 4.79 Å². The number of rotatable bonds is 4. The van der Waals surface area contributed by atoms with Crippen molar-refractivity contribution in [2.75, 3.05) is 0 Å². The quantitative estimate of drug-likeness (QED) is 0.925. The van der Waals surface area contributed by atoms with Crippen molar-refractivity contribution in [2.24, 2.45) is 0 Å². The number of halogens is 1. The Balaban J connectivity index is 2.27. The smallest absolute Gasteiger partial charge is 0.293 e. The Kier molecular flexibility index (Phi) is 4.04. The van der Waals surface area contributed by atoms with Gasteiger partial charge in [0.05, 0.1) is 16.7 Å². The fraction of sp³-hybridized carbons (Fsp3) is 0.417. The highest BCUT2D eigenvalue weighted by Gasteiger charge is 2.07. The van der Waals surface area contributed by atoms with Gasteiger partial charge in [0.2, 0.25) is 0 Å². The molecule has 102 valence electrons. The zero-order valence-corrected chi connectivity index (χ0v) is 12.3. The number of H-pyrrole nitrogens is 1. The molecular weight excluding hydrogens is 312 g/mol. The highest BCUT2D eigenvalue weighted by Crippen LogP contribution is 2.09. The van der Waals surface area contributed by atoms with Gasteiger partial charge in [-0.15, -0.1) is 0 Å². The molecular formula is C12H15BrN4O2. The number of hydrogen-bond acceptors (Lipinski definition) is 3. The second-order valence-electron chi connectivity index (χ2n) is 4.41. The van der Waals surface area contributed by atoms with Gasteiger partial charge in [0, 0.05) is 18.4 Å². The number of nitrogens with one attached hydrogen (secondary N) is 1. The molecule has 0 aliphatic heterocycles. The number of aromatic nitrogens is 4. The molecule has 2 aromatic heterocycles. The summed E-state index contributed by atoms with van der Waals surface area (Å²) in [6.07, 6.45) is 4.37. The molecule has 1 atom stereocenters. The Morgan fingerprint density at radius 1 is 1.47 bits per heavy atom. The first-order valence-corrected chi connectivity index (χ1v) is 6.84. The molecule has 2 heterocycles. The molecule has 0 radical (unpaired) electrons. The average molecular weight is 327 g/mol. The summed E-state index contributed by atoms with van der Waals surface area (Å²) in [7, 11) is 0. The maximum atomic E-state index is 11.6. The molecule has 0 aliphatic rings. The molecule has 1 unspecified atom stereocenters. The Hall–Kier alpha value is -1.63. The Morgan fingerprint density at radius 2 is 2.21 bits per heavy atom. The van der Waals surface area contributed by atoms with Gasteiger partial charge in [-0.1, -0.05) is 6.92 Å². The fourth-order valence-electron chi connectivity index (χ4n) is 1.67. The molecule has 1 N–H and O–H groups in total. The van der Waals surface area contributed by atoms with E-state index >= 15 is 0 Å². The zero-order chi connectivity index (χ0) is 14.0. The molecule has 0 saturated carbocycles. The van der Waals surface area contributed by atoms with Gasteiger partial charge in [-0.3, -0.25) is 19.0 Å². The molecule has 19 heavy (non-hydrogen) atoms. The van der Waals surface area contributed by atoms with Crippen LogP contribution in [-0.2, 0) is 6.54 Å². The lowest BCUT2D eigenvalue weighted by atomic mass is 10.3. The SMILES string of the molecule is CCC(C)n1ccc(Cn2cc(Br)c(=O)[nH]c2=O)n1. The minimum absolute atomic E-state index is 0.327. The van der Waals surface area contributed by atoms with E-state index in [2.05, 4.69) is 39.9 Å². The first kappa shape index (κ1) is 13.8. The van der Waals surface area contributed by atoms with Gasteiger partial charge in [-0.05, 0) is 35.3 Å². The Morgan fingerprint density at radius 3 is 2.89 bits per heavy atom. The van der Waals surface area contributed by atoms with Crippen LogP contribution in [0.3, 0.4) is 0 Å². The fourth-order valence-corrected chi connectivity index (χ4v) is 2.02. The van der Waals surface area contributed by atoms with E-state index in [0.717, 1.165) is 12.1 Å². The lowest BCUT2D eigenvalue weighted by Crippen LogP contribution is -2.30. The largest absolute Gasteiger partial charge is 0.328 e. The average Bonchev–Trinajstić information content (AvgIpc) is 2.83. The van der Waals surface area contributed by atoms with E-state index in [1.807, 2.05) is 16.9 Å². The Labute approximate surface area is 118 Å². The summed E-state index contributed by atoms with van der Waals surface area (Å²) in [6.45, 7) is 4.51. The maximum Gasteiger partial charge on any atom is 0.328 e. The molecule has 7 heteroatoms. The van der Waals surface area contributed by atoms with Crippen LogP contribution in [0.15, 0.2) is 32.5 Å². The van der Waals surface area contributed by atoms with Crippen molar-refractivity contribution in [3.05, 3.63) is 49.5 Å². The summed E-state index contributed by atoms with van der Waals surface area (Å²) in [5.74, 6) is 0. The zero-order valence-electron chi connectivity index (χ0n) is 10.8. The summed E-state index contributed by atoms with van der Waals surface area (Å²) in [4.78, 5) is 25.1. The molecule has 0 bridgehead atoms. The van der Waals surface area contributed by atoms with Crippen molar-refractivity contribution in [2.45, 2.75) is 32.9 Å². The minimum atomic E-state index is -0.439. The molecule has 0 spiro atoms. The number of hydrogen-bond donors (Lipinski definition) is 1. The Bertz CT molecular complexity index is 686. The summed E-state index contributed by atoms with van der Waals surface area (Å²) >= 11 is 3.10. The monoisotopic (exact) mass is 326 g/mol. The van der Waals surface area contributed by atoms with E-state index in [1.54, 1.807) is 0 Å². The normalized spacial score (nSPS) is 12.6. The third-order valence-corrected chi connectivity index (χ3v) is 3.57. The highest BCUT2D eigenvalue weighted by molar-refractivity contribution is 9.10. The van der Waals surface area contributed by atoms with Crippen molar-refractivity contribution in [1.29, 1.82) is 0 Å². The van der Waals surface area contributed by atoms with Gasteiger partial charge in [0.1, 0.15) is 0 Å². The third kappa shape index (κ3) is 3.04. The first-order chi connectivity index (χ1) is 9.01. The highest BCUT2D eigenvalue weighted by atomic mass is 79.9. The van der Waals surface area contributed by atoms with Crippen molar-refractivity contribution in [3.8, 4) is 0 Å². The van der Waals surface area contributed by atoms with E-state index in [0.29, 0.717) is 17.1 Å². The summed E-state index contributed by atoms with van der Waals surface area (Å²) < 4.78 is 3.61. The van der Waals surface area contributed by atoms with Crippen LogP contribution in [0.2, 0.25) is 0 Å². The molecule has 0 fully saturated rings. The summed E-state index contributed by atoms with van der Waals surface area (Å²) in [5.41, 5.74) is -0.0842. The van der Waals surface area contributed by atoms with Gasteiger partial charge in [0.25, 0.3) is 5.56 Å². The molecule has 6 nitrogen and oxygen atoms in total. The summed E-state index contributed by atoms with van der Waals surface area (Å²) in [5, 5.41) is 4.42. The standard InChI is InChI=1S/C12H15BrN4O2/c1-3-8(2)17-5-4-9(15-17)6-16-7-10(13)11(18)14-12(16)19/h4-5,7-8H,3,6H2,1-2H3,(H,14,18,19). The van der Waals surface area contributed by atoms with Crippen LogP contribution in [0.25, 0.3) is 0 Å². The van der Waals surface area contributed by atoms with E-state index in [9.17, 15) is 9.59 Å². The molecule has 2 aromatic rings. The van der Waals surface area contributed by atoms with Crippen LogP contribution >= 0.6 is 15.9 Å². The van der Waals surface area contributed by atoms with Gasteiger partial charge < -0.3 is 0 Å². The molecule has 0 saturated heterocycles. The van der Waals surface area contributed by atoms with Crippen LogP contribution in [0.4, 0.5) is 0 Å². The second-order valence-corrected chi connectivity index (χ2v) is 5.26. The molecule has 0 aromatic carbocycles. The molecule has 0 aliphatic carbocycles. The first-order valence-electron chi connectivity index (χ1n) is 6.04. The van der Waals surface area contributed by atoms with E-state index in [-0.39, 0.29) is 0 Å². The summed E-state index contributed by atoms with van der Waals surface area (Å²) in [6, 6.07) is 2.20. The van der Waals surface area contributed by atoms with Crippen LogP contribution in [0.5, 0.6) is 0 Å². The number of aromatic amines is 1. The minimum Gasteiger partial charge on any atom is -0.293 e. The maximum absolute atomic E-state index is 11.6.